The van der Waals surface area contributed by atoms with Gasteiger partial charge in [-0.3, -0.25) is 4.79 Å². The summed E-state index contributed by atoms with van der Waals surface area (Å²) in [5, 5.41) is 3.65. The van der Waals surface area contributed by atoms with Crippen molar-refractivity contribution in [1.29, 1.82) is 0 Å². The van der Waals surface area contributed by atoms with Crippen molar-refractivity contribution < 1.29 is 46.6 Å². The number of ether oxygens (including phenoxy) is 3. The highest BCUT2D eigenvalue weighted by atomic mass is 19.1. The third-order valence-corrected chi connectivity index (χ3v) is 16.2. The third-order valence-electron chi connectivity index (χ3n) is 16.2. The van der Waals surface area contributed by atoms with Crippen molar-refractivity contribution in [2.24, 2.45) is 11.5 Å². The number of hydrogen-bond acceptors (Lipinski definition) is 19. The standard InChI is InChI=1S/C25H27FN4O2.C18H21FN4O2.C18H18FN3O3.C7H9N.2CH4/c1-32-25(31)20-12-9-18(13-21(20)26)23-24(27)29-15-22(30-23)17-7-10-19(11-8-17)28-14-16-5-3-2-4-6-16;1-25-18(24)13-7-4-11(8-14(13)19)16-17(21)22-9-15(23-16)10-2-5-12(20)6-3-10;1-25-18(24)13-7-4-11(8-14(13)19)16-17(20)21-9-15(22-16)10-2-5-12(23)6-3-10;8-6-7-4-2-1-3-5-7;;/h2-6,9,12-13,15,17,19,28H,7-8,10-11,14H2,1H3,(H2,27,29);4,7-10,12H,2-3,5-6,20H2,1H3,(H2,21,22);4,7-10H,2-3,5-6H2,1H3,(H2,20,21);1-5H,6,8H2;2*1H4. The molecule has 92 heavy (non-hydrogen) atoms. The summed E-state index contributed by atoms with van der Waals surface area (Å²) in [5.41, 5.74) is 36.3. The maximum absolute atomic E-state index is 14.4. The van der Waals surface area contributed by atoms with Crippen molar-refractivity contribution >= 4 is 41.1 Å². The van der Waals surface area contributed by atoms with E-state index in [4.69, 9.17) is 33.7 Å². The molecule has 3 aliphatic carbocycles. The molecule has 11 N–H and O–H groups in total. The number of benzene rings is 5. The van der Waals surface area contributed by atoms with Gasteiger partial charge in [0.15, 0.2) is 0 Å². The molecule has 486 valence electrons. The number of nitrogen functional groups attached to an aromatic ring is 3. The maximum Gasteiger partial charge on any atom is 0.340 e. The molecule has 11 rings (SSSR count). The fourth-order valence-corrected chi connectivity index (χ4v) is 11.0. The minimum absolute atomic E-state index is 0. The van der Waals surface area contributed by atoms with Crippen LogP contribution in [0.15, 0.2) is 134 Å². The Kier molecular flexibility index (Phi) is 26.9. The number of halogens is 3. The van der Waals surface area contributed by atoms with Crippen LogP contribution in [0.2, 0.25) is 0 Å². The van der Waals surface area contributed by atoms with Crippen LogP contribution in [-0.2, 0) is 32.1 Å². The molecule has 0 bridgehead atoms. The minimum Gasteiger partial charge on any atom is -0.465 e. The molecule has 0 radical (unpaired) electrons. The van der Waals surface area contributed by atoms with Crippen LogP contribution in [0.5, 0.6) is 0 Å². The van der Waals surface area contributed by atoms with Gasteiger partial charge in [-0.15, -0.1) is 0 Å². The van der Waals surface area contributed by atoms with Gasteiger partial charge in [-0.2, -0.15) is 0 Å². The zero-order valence-corrected chi connectivity index (χ0v) is 50.5. The number of hydrogen-bond donors (Lipinski definition) is 6. The number of carbonyl (C=O) groups is 4. The summed E-state index contributed by atoms with van der Waals surface area (Å²) < 4.78 is 56.5. The molecule has 8 aromatic rings. The molecule has 0 saturated heterocycles. The van der Waals surface area contributed by atoms with E-state index in [0.717, 1.165) is 87.8 Å². The van der Waals surface area contributed by atoms with Crippen molar-refractivity contribution in [2.75, 3.05) is 38.5 Å². The van der Waals surface area contributed by atoms with Crippen LogP contribution in [0, 0.1) is 17.5 Å². The van der Waals surface area contributed by atoms with E-state index in [1.165, 1.54) is 68.9 Å². The Morgan fingerprint density at radius 2 is 0.826 bits per heavy atom. The molecule has 3 aliphatic rings. The number of Topliss-reactive ketones (excluding diaryl/α,β-unsaturated/α-hetero) is 1. The smallest absolute Gasteiger partial charge is 0.340 e. The van der Waals surface area contributed by atoms with Crippen molar-refractivity contribution in [3.05, 3.63) is 196 Å². The van der Waals surface area contributed by atoms with Gasteiger partial charge in [0, 0.05) is 72.5 Å². The lowest BCUT2D eigenvalue weighted by Gasteiger charge is -2.29. The average Bonchev–Trinajstić information content (AvgIpc) is 0.957. The van der Waals surface area contributed by atoms with Crippen LogP contribution in [0.1, 0.15) is 169 Å². The topological polar surface area (TPSA) is 315 Å². The van der Waals surface area contributed by atoms with E-state index in [9.17, 15) is 32.3 Å². The number of carbonyl (C=O) groups excluding carboxylic acids is 4. The van der Waals surface area contributed by atoms with Gasteiger partial charge in [0.1, 0.15) is 57.8 Å². The monoisotopic (exact) mass is 1260 g/mol. The molecule has 3 saturated carbocycles. The first-order chi connectivity index (χ1) is 43.5. The lowest BCUT2D eigenvalue weighted by Crippen LogP contribution is -2.32. The summed E-state index contributed by atoms with van der Waals surface area (Å²) in [4.78, 5) is 72.6. The first-order valence-corrected chi connectivity index (χ1v) is 29.8. The Hall–Kier alpha value is -9.51. The highest BCUT2D eigenvalue weighted by Crippen LogP contribution is 2.37. The Morgan fingerprint density at radius 3 is 1.15 bits per heavy atom. The zero-order chi connectivity index (χ0) is 64.3. The van der Waals surface area contributed by atoms with Crippen LogP contribution in [0.3, 0.4) is 0 Å². The van der Waals surface area contributed by atoms with Crippen molar-refractivity contribution in [2.45, 2.75) is 135 Å². The Labute approximate surface area is 535 Å². The van der Waals surface area contributed by atoms with E-state index < -0.39 is 35.4 Å². The molecule has 0 aliphatic heterocycles. The first-order valence-electron chi connectivity index (χ1n) is 29.8. The summed E-state index contributed by atoms with van der Waals surface area (Å²) in [5.74, 6) is -2.64. The van der Waals surface area contributed by atoms with Crippen molar-refractivity contribution in [3.8, 4) is 33.8 Å². The largest absolute Gasteiger partial charge is 0.465 e. The van der Waals surface area contributed by atoms with Gasteiger partial charge in [0.05, 0.1) is 73.7 Å². The van der Waals surface area contributed by atoms with Gasteiger partial charge in [-0.1, -0.05) is 93.7 Å². The highest BCUT2D eigenvalue weighted by molar-refractivity contribution is 5.92. The second kappa shape index (κ2) is 34.6. The van der Waals surface area contributed by atoms with E-state index in [1.807, 2.05) is 36.4 Å². The predicted molar refractivity (Wildman–Crippen MR) is 351 cm³/mol. The van der Waals surface area contributed by atoms with E-state index in [1.54, 1.807) is 36.8 Å². The second-order valence-electron chi connectivity index (χ2n) is 22.2. The second-order valence-corrected chi connectivity index (χ2v) is 22.2. The lowest BCUT2D eigenvalue weighted by molar-refractivity contribution is -0.120. The number of rotatable bonds is 13. The maximum atomic E-state index is 14.4. The Bertz CT molecular complexity index is 3750. The number of nitrogens with one attached hydrogen (secondary N) is 1. The van der Waals surface area contributed by atoms with Gasteiger partial charge >= 0.3 is 17.9 Å². The number of esters is 3. The van der Waals surface area contributed by atoms with Crippen LogP contribution in [-0.4, -0.2) is 87.0 Å². The van der Waals surface area contributed by atoms with Gasteiger partial charge in [-0.25, -0.2) is 57.5 Å². The van der Waals surface area contributed by atoms with E-state index in [-0.39, 0.29) is 78.6 Å². The summed E-state index contributed by atoms with van der Waals surface area (Å²) in [6, 6.07) is 33.6. The summed E-state index contributed by atoms with van der Waals surface area (Å²) in [7, 11) is 3.62. The van der Waals surface area contributed by atoms with Gasteiger partial charge < -0.3 is 48.2 Å². The summed E-state index contributed by atoms with van der Waals surface area (Å²) in [6.07, 6.45) is 15.5. The Balaban J connectivity index is 0.000000206. The van der Waals surface area contributed by atoms with Gasteiger partial charge in [-0.05, 0) is 112 Å². The number of nitrogens with two attached hydrogens (primary N) is 5. The molecule has 5 aromatic carbocycles. The molecular formula is C70H83F3N12O7. The number of nitrogens with zero attached hydrogens (tertiary/aromatic N) is 6. The van der Waals surface area contributed by atoms with Gasteiger partial charge in [0.2, 0.25) is 0 Å². The molecule has 3 heterocycles. The summed E-state index contributed by atoms with van der Waals surface area (Å²) >= 11 is 0. The molecule has 22 heteroatoms. The fraction of sp³-hybridized carbons (Fsp3) is 0.343. The van der Waals surface area contributed by atoms with Gasteiger partial charge in [0.25, 0.3) is 0 Å². The number of anilines is 3. The quantitative estimate of drug-likeness (QED) is 0.0461. The third kappa shape index (κ3) is 19.0. The van der Waals surface area contributed by atoms with E-state index in [0.29, 0.717) is 59.2 Å². The SMILES string of the molecule is C.C.COC(=O)c1ccc(-c2nc(C3CCC(=O)CC3)cnc2N)cc1F.COC(=O)c1ccc(-c2nc(C3CCC(N)CC3)cnc2N)cc1F.COC(=O)c1ccc(-c2nc(C3CCC(NCc4ccccc4)CC3)cnc2N)cc1F.NCc1ccccc1. The number of aromatic nitrogens is 6. The normalized spacial score (nSPS) is 16.8. The highest BCUT2D eigenvalue weighted by Gasteiger charge is 2.27. The molecule has 0 spiro atoms. The number of ketones is 1. The van der Waals surface area contributed by atoms with Crippen LogP contribution in [0.25, 0.3) is 33.8 Å². The molecule has 0 atom stereocenters. The van der Waals surface area contributed by atoms with Crippen LogP contribution in [0.4, 0.5) is 30.6 Å². The fourth-order valence-electron chi connectivity index (χ4n) is 11.0. The minimum atomic E-state index is -0.747. The lowest BCUT2D eigenvalue weighted by atomic mass is 9.84. The van der Waals surface area contributed by atoms with Crippen molar-refractivity contribution in [1.82, 2.24) is 35.2 Å². The van der Waals surface area contributed by atoms with E-state index in [2.05, 4.69) is 68.7 Å². The number of methoxy groups -OCH3 is 3. The molecule has 3 aromatic heterocycles. The molecule has 0 unspecified atom stereocenters. The summed E-state index contributed by atoms with van der Waals surface area (Å²) in [6.45, 7) is 1.51. The Morgan fingerprint density at radius 1 is 0.489 bits per heavy atom. The van der Waals surface area contributed by atoms with Crippen LogP contribution >= 0.6 is 0 Å². The first kappa shape index (κ1) is 71.6. The van der Waals surface area contributed by atoms with Crippen molar-refractivity contribution in [3.63, 3.8) is 0 Å². The average molecular weight is 1260 g/mol. The van der Waals surface area contributed by atoms with E-state index >= 15 is 0 Å². The zero-order valence-electron chi connectivity index (χ0n) is 50.5. The van der Waals surface area contributed by atoms with Crippen LogP contribution < -0.4 is 34.0 Å². The predicted octanol–water partition coefficient (Wildman–Crippen LogP) is 12.4. The molecule has 19 nitrogen and oxygen atoms in total. The molecule has 0 amide bonds. The molecular weight excluding hydrogens is 1180 g/mol. The molecule has 3 fully saturated rings.